The third-order valence-corrected chi connectivity index (χ3v) is 6.49. The molecule has 1 saturated heterocycles. The zero-order valence-corrected chi connectivity index (χ0v) is 19.9. The zero-order chi connectivity index (χ0) is 20.9. The second-order valence-electron chi connectivity index (χ2n) is 7.94. The molecule has 5 nitrogen and oxygen atoms in total. The summed E-state index contributed by atoms with van der Waals surface area (Å²) >= 11 is 6.38. The SMILES string of the molecule is COc1cc2c(cc1OC)C(CCN1CCN(c3ccccc3Cl)CC1)OCCC2.Cl. The first-order chi connectivity index (χ1) is 14.7. The van der Waals surface area contributed by atoms with E-state index in [-0.39, 0.29) is 18.5 Å². The van der Waals surface area contributed by atoms with Gasteiger partial charge in [-0.1, -0.05) is 23.7 Å². The van der Waals surface area contributed by atoms with Crippen LogP contribution in [-0.2, 0) is 11.2 Å². The van der Waals surface area contributed by atoms with Gasteiger partial charge in [0.15, 0.2) is 11.5 Å². The number of para-hydroxylation sites is 1. The number of hydrogen-bond acceptors (Lipinski definition) is 5. The highest BCUT2D eigenvalue weighted by molar-refractivity contribution is 6.33. The van der Waals surface area contributed by atoms with E-state index < -0.39 is 0 Å². The van der Waals surface area contributed by atoms with Crippen LogP contribution in [0.3, 0.4) is 0 Å². The Morgan fingerprint density at radius 3 is 2.45 bits per heavy atom. The van der Waals surface area contributed by atoms with E-state index in [0.29, 0.717) is 0 Å². The Hall–Kier alpha value is -1.66. The molecule has 0 N–H and O–H groups in total. The second kappa shape index (κ2) is 11.3. The molecule has 2 aromatic rings. The van der Waals surface area contributed by atoms with Crippen LogP contribution < -0.4 is 14.4 Å². The molecule has 0 radical (unpaired) electrons. The maximum Gasteiger partial charge on any atom is 0.161 e. The van der Waals surface area contributed by atoms with Gasteiger partial charge in [-0.05, 0) is 54.7 Å². The van der Waals surface area contributed by atoms with Crippen LogP contribution in [0.2, 0.25) is 5.02 Å². The minimum absolute atomic E-state index is 0. The van der Waals surface area contributed by atoms with Gasteiger partial charge in [0.1, 0.15) is 0 Å². The fourth-order valence-electron chi connectivity index (χ4n) is 4.49. The standard InChI is InChI=1S/C24H31ClN2O3.ClH/c1-28-23-16-18-6-5-15-30-22(19(18)17-24(23)29-2)9-10-26-11-13-27(14-12-26)21-8-4-3-7-20(21)25;/h3-4,7-8,16-17,22H,5-6,9-15H2,1-2H3;1H. The summed E-state index contributed by atoms with van der Waals surface area (Å²) in [4.78, 5) is 4.91. The van der Waals surface area contributed by atoms with Crippen LogP contribution in [0.15, 0.2) is 36.4 Å². The number of nitrogens with zero attached hydrogens (tertiary/aromatic N) is 2. The van der Waals surface area contributed by atoms with Gasteiger partial charge in [-0.15, -0.1) is 12.4 Å². The Morgan fingerprint density at radius 1 is 1.03 bits per heavy atom. The lowest BCUT2D eigenvalue weighted by Crippen LogP contribution is -2.47. The molecule has 7 heteroatoms. The second-order valence-corrected chi connectivity index (χ2v) is 8.34. The Bertz CT molecular complexity index is 857. The van der Waals surface area contributed by atoms with E-state index in [1.54, 1.807) is 14.2 Å². The molecule has 0 aliphatic carbocycles. The van der Waals surface area contributed by atoms with E-state index in [9.17, 15) is 0 Å². The fourth-order valence-corrected chi connectivity index (χ4v) is 4.75. The first kappa shape index (κ1) is 24.0. The Kier molecular flexibility index (Phi) is 8.73. The van der Waals surface area contributed by atoms with Crippen molar-refractivity contribution in [2.45, 2.75) is 25.4 Å². The Labute approximate surface area is 196 Å². The van der Waals surface area contributed by atoms with Crippen LogP contribution in [0.25, 0.3) is 0 Å². The molecule has 0 saturated carbocycles. The monoisotopic (exact) mass is 466 g/mol. The van der Waals surface area contributed by atoms with Crippen molar-refractivity contribution < 1.29 is 14.2 Å². The molecule has 0 bridgehead atoms. The maximum absolute atomic E-state index is 6.38. The third kappa shape index (κ3) is 5.58. The topological polar surface area (TPSA) is 34.2 Å². The number of methoxy groups -OCH3 is 2. The maximum atomic E-state index is 6.38. The smallest absolute Gasteiger partial charge is 0.161 e. The number of hydrogen-bond donors (Lipinski definition) is 0. The summed E-state index contributed by atoms with van der Waals surface area (Å²) in [5.74, 6) is 1.58. The molecule has 1 fully saturated rings. The molecule has 2 aliphatic rings. The summed E-state index contributed by atoms with van der Waals surface area (Å²) in [6.07, 6.45) is 3.14. The van der Waals surface area contributed by atoms with Crippen LogP contribution in [0.4, 0.5) is 5.69 Å². The minimum atomic E-state index is 0. The molecular formula is C24H32Cl2N2O3. The van der Waals surface area contributed by atoms with Crippen molar-refractivity contribution in [3.05, 3.63) is 52.5 Å². The summed E-state index contributed by atoms with van der Waals surface area (Å²) in [6.45, 7) is 5.89. The van der Waals surface area contributed by atoms with Crippen molar-refractivity contribution >= 4 is 29.7 Å². The number of benzene rings is 2. The van der Waals surface area contributed by atoms with E-state index in [4.69, 9.17) is 25.8 Å². The van der Waals surface area contributed by atoms with Crippen LogP contribution in [0, 0.1) is 0 Å². The van der Waals surface area contributed by atoms with E-state index in [2.05, 4.69) is 34.1 Å². The van der Waals surface area contributed by atoms with Crippen molar-refractivity contribution in [2.75, 3.05) is 58.5 Å². The Morgan fingerprint density at radius 2 is 1.74 bits per heavy atom. The van der Waals surface area contributed by atoms with Crippen LogP contribution in [0.1, 0.15) is 30.1 Å². The first-order valence-corrected chi connectivity index (χ1v) is 11.2. The van der Waals surface area contributed by atoms with Crippen molar-refractivity contribution in [3.63, 3.8) is 0 Å². The third-order valence-electron chi connectivity index (χ3n) is 6.17. The lowest BCUT2D eigenvalue weighted by molar-refractivity contribution is 0.0419. The van der Waals surface area contributed by atoms with Gasteiger partial charge in [-0.25, -0.2) is 0 Å². The number of anilines is 1. The highest BCUT2D eigenvalue weighted by atomic mass is 35.5. The van der Waals surface area contributed by atoms with E-state index in [1.165, 1.54) is 11.1 Å². The van der Waals surface area contributed by atoms with Crippen molar-refractivity contribution in [1.29, 1.82) is 0 Å². The van der Waals surface area contributed by atoms with Crippen LogP contribution >= 0.6 is 24.0 Å². The predicted molar refractivity (Wildman–Crippen MR) is 129 cm³/mol. The van der Waals surface area contributed by atoms with E-state index in [0.717, 1.165) is 80.8 Å². The molecule has 31 heavy (non-hydrogen) atoms. The van der Waals surface area contributed by atoms with Crippen LogP contribution in [-0.4, -0.2) is 58.5 Å². The Balaban J connectivity index is 0.00000272. The average Bonchev–Trinajstić information content (AvgIpc) is 2.99. The minimum Gasteiger partial charge on any atom is -0.493 e. The van der Waals surface area contributed by atoms with Gasteiger partial charge in [0.25, 0.3) is 0 Å². The normalized spacial score (nSPS) is 19.2. The highest BCUT2D eigenvalue weighted by Gasteiger charge is 2.24. The van der Waals surface area contributed by atoms with Gasteiger partial charge >= 0.3 is 0 Å². The lowest BCUT2D eigenvalue weighted by Gasteiger charge is -2.37. The number of ether oxygens (including phenoxy) is 3. The molecule has 2 aliphatic heterocycles. The molecule has 0 aromatic heterocycles. The zero-order valence-electron chi connectivity index (χ0n) is 18.3. The summed E-state index contributed by atoms with van der Waals surface area (Å²) in [7, 11) is 3.38. The lowest BCUT2D eigenvalue weighted by atomic mass is 9.97. The molecule has 1 unspecified atom stereocenters. The van der Waals surface area contributed by atoms with Gasteiger partial charge in [-0.2, -0.15) is 0 Å². The predicted octanol–water partition coefficient (Wildman–Crippen LogP) is 5.00. The van der Waals surface area contributed by atoms with E-state index >= 15 is 0 Å². The molecule has 2 heterocycles. The number of piperazine rings is 1. The summed E-state index contributed by atoms with van der Waals surface area (Å²) in [5.41, 5.74) is 3.71. The molecule has 1 atom stereocenters. The van der Waals surface area contributed by atoms with Crippen molar-refractivity contribution in [3.8, 4) is 11.5 Å². The fraction of sp³-hybridized carbons (Fsp3) is 0.500. The largest absolute Gasteiger partial charge is 0.493 e. The molecule has 0 amide bonds. The van der Waals surface area contributed by atoms with Gasteiger partial charge in [0, 0.05) is 39.3 Å². The van der Waals surface area contributed by atoms with Gasteiger partial charge < -0.3 is 19.1 Å². The highest BCUT2D eigenvalue weighted by Crippen LogP contribution is 2.38. The number of rotatable bonds is 6. The average molecular weight is 467 g/mol. The molecule has 0 spiro atoms. The number of halogens is 2. The molecular weight excluding hydrogens is 435 g/mol. The first-order valence-electron chi connectivity index (χ1n) is 10.8. The van der Waals surface area contributed by atoms with Crippen LogP contribution in [0.5, 0.6) is 11.5 Å². The summed E-state index contributed by atoms with van der Waals surface area (Å²) < 4.78 is 17.3. The number of fused-ring (bicyclic) bond motifs is 1. The summed E-state index contributed by atoms with van der Waals surface area (Å²) in [6, 6.07) is 12.3. The number of aryl methyl sites for hydroxylation is 1. The molecule has 2 aromatic carbocycles. The van der Waals surface area contributed by atoms with Gasteiger partial charge in [0.2, 0.25) is 0 Å². The summed E-state index contributed by atoms with van der Waals surface area (Å²) in [5, 5.41) is 0.832. The van der Waals surface area contributed by atoms with E-state index in [1.807, 2.05) is 12.1 Å². The van der Waals surface area contributed by atoms with Crippen molar-refractivity contribution in [1.82, 2.24) is 4.90 Å². The van der Waals surface area contributed by atoms with Gasteiger partial charge in [-0.3, -0.25) is 4.90 Å². The van der Waals surface area contributed by atoms with Crippen molar-refractivity contribution in [2.24, 2.45) is 0 Å². The molecule has 4 rings (SSSR count). The quantitative estimate of drug-likeness (QED) is 0.598. The molecule has 170 valence electrons. The van der Waals surface area contributed by atoms with Gasteiger partial charge in [0.05, 0.1) is 31.0 Å².